The summed E-state index contributed by atoms with van der Waals surface area (Å²) in [6, 6.07) is 14.8. The fourth-order valence-corrected chi connectivity index (χ4v) is 2.27. The van der Waals surface area contributed by atoms with Gasteiger partial charge in [-0.05, 0) is 44.3 Å². The minimum Gasteiger partial charge on any atom is -0.492 e. The van der Waals surface area contributed by atoms with Crippen LogP contribution in [0.3, 0.4) is 0 Å². The standard InChI is InChI=1S/C20H27N3O2.2ClH/c1-15-4-8-17(9-5-15)19(21)20(24)22-14-16-6-10-18(11-7-16)25-13-12-23(2)3;;/h4-11,19H,12-14,21H2,1-3H3,(H,22,24);2*1H. The third-order valence-electron chi connectivity index (χ3n) is 3.92. The summed E-state index contributed by atoms with van der Waals surface area (Å²) in [6.45, 7) is 3.96. The molecule has 0 aliphatic rings. The molecule has 1 unspecified atom stereocenters. The summed E-state index contributed by atoms with van der Waals surface area (Å²) in [6.07, 6.45) is 0. The van der Waals surface area contributed by atoms with Gasteiger partial charge in [-0.1, -0.05) is 42.0 Å². The Morgan fingerprint density at radius 1 is 1.07 bits per heavy atom. The van der Waals surface area contributed by atoms with Crippen molar-refractivity contribution in [2.24, 2.45) is 5.73 Å². The van der Waals surface area contributed by atoms with E-state index in [2.05, 4.69) is 10.2 Å². The van der Waals surface area contributed by atoms with Crippen molar-refractivity contribution in [2.75, 3.05) is 27.2 Å². The SMILES string of the molecule is Cc1ccc(C(N)C(=O)NCc2ccc(OCCN(C)C)cc2)cc1.Cl.Cl. The van der Waals surface area contributed by atoms with Crippen LogP contribution < -0.4 is 15.8 Å². The Bertz CT molecular complexity index is 677. The zero-order chi connectivity index (χ0) is 18.2. The highest BCUT2D eigenvalue weighted by Gasteiger charge is 2.15. The Hall–Kier alpha value is -1.79. The van der Waals surface area contributed by atoms with E-state index < -0.39 is 6.04 Å². The number of amides is 1. The molecule has 0 saturated heterocycles. The lowest BCUT2D eigenvalue weighted by molar-refractivity contribution is -0.122. The predicted molar refractivity (Wildman–Crippen MR) is 115 cm³/mol. The highest BCUT2D eigenvalue weighted by atomic mass is 35.5. The average molecular weight is 414 g/mol. The molecule has 2 aromatic carbocycles. The second-order valence-corrected chi connectivity index (χ2v) is 6.40. The molecule has 150 valence electrons. The van der Waals surface area contributed by atoms with E-state index in [-0.39, 0.29) is 30.7 Å². The van der Waals surface area contributed by atoms with Crippen molar-refractivity contribution >= 4 is 30.7 Å². The Labute approximate surface area is 174 Å². The summed E-state index contributed by atoms with van der Waals surface area (Å²) in [5.74, 6) is 0.642. The lowest BCUT2D eigenvalue weighted by Gasteiger charge is -2.14. The number of aryl methyl sites for hydroxylation is 1. The van der Waals surface area contributed by atoms with Gasteiger partial charge in [-0.15, -0.1) is 24.8 Å². The molecule has 3 N–H and O–H groups in total. The monoisotopic (exact) mass is 413 g/mol. The molecule has 0 bridgehead atoms. The number of halogens is 2. The first-order chi connectivity index (χ1) is 12.0. The third-order valence-corrected chi connectivity index (χ3v) is 3.92. The predicted octanol–water partition coefficient (Wildman–Crippen LogP) is 3.10. The number of nitrogens with zero attached hydrogens (tertiary/aromatic N) is 1. The molecule has 1 amide bonds. The summed E-state index contributed by atoms with van der Waals surface area (Å²) < 4.78 is 5.65. The molecule has 0 spiro atoms. The molecule has 0 heterocycles. The van der Waals surface area contributed by atoms with E-state index in [1.165, 1.54) is 0 Å². The molecule has 0 saturated carbocycles. The van der Waals surface area contributed by atoms with Gasteiger partial charge < -0.3 is 20.7 Å². The third kappa shape index (κ3) is 8.63. The van der Waals surface area contributed by atoms with E-state index in [0.29, 0.717) is 13.2 Å². The van der Waals surface area contributed by atoms with Gasteiger partial charge in [0.2, 0.25) is 5.91 Å². The van der Waals surface area contributed by atoms with E-state index in [9.17, 15) is 4.79 Å². The molecular formula is C20H29Cl2N3O2. The van der Waals surface area contributed by atoms with Gasteiger partial charge >= 0.3 is 0 Å². The topological polar surface area (TPSA) is 67.6 Å². The van der Waals surface area contributed by atoms with Crippen molar-refractivity contribution < 1.29 is 9.53 Å². The molecule has 0 aliphatic heterocycles. The average Bonchev–Trinajstić information content (AvgIpc) is 2.60. The molecule has 5 nitrogen and oxygen atoms in total. The maximum Gasteiger partial charge on any atom is 0.241 e. The van der Waals surface area contributed by atoms with Crippen LogP contribution >= 0.6 is 24.8 Å². The second-order valence-electron chi connectivity index (χ2n) is 6.40. The van der Waals surface area contributed by atoms with Gasteiger partial charge in [0.1, 0.15) is 18.4 Å². The second kappa shape index (κ2) is 12.6. The first-order valence-corrected chi connectivity index (χ1v) is 8.42. The quantitative estimate of drug-likeness (QED) is 0.697. The first-order valence-electron chi connectivity index (χ1n) is 8.42. The molecule has 0 aromatic heterocycles. The number of carbonyl (C=O) groups excluding carboxylic acids is 1. The lowest BCUT2D eigenvalue weighted by Crippen LogP contribution is -2.33. The molecule has 2 rings (SSSR count). The molecule has 1 atom stereocenters. The van der Waals surface area contributed by atoms with E-state index >= 15 is 0 Å². The van der Waals surface area contributed by atoms with E-state index in [0.717, 1.165) is 29.0 Å². The summed E-state index contributed by atoms with van der Waals surface area (Å²) in [7, 11) is 4.02. The minimum atomic E-state index is -0.658. The Morgan fingerprint density at radius 2 is 1.67 bits per heavy atom. The summed E-state index contributed by atoms with van der Waals surface area (Å²) in [4.78, 5) is 14.3. The van der Waals surface area contributed by atoms with Gasteiger partial charge in [-0.2, -0.15) is 0 Å². The van der Waals surface area contributed by atoms with Crippen LogP contribution in [0.2, 0.25) is 0 Å². The van der Waals surface area contributed by atoms with Gasteiger partial charge in [0.15, 0.2) is 0 Å². The zero-order valence-electron chi connectivity index (χ0n) is 16.0. The maximum absolute atomic E-state index is 12.2. The molecule has 0 fully saturated rings. The number of hydrogen-bond acceptors (Lipinski definition) is 4. The molecule has 2 aromatic rings. The Morgan fingerprint density at radius 3 is 2.22 bits per heavy atom. The number of carbonyl (C=O) groups is 1. The van der Waals surface area contributed by atoms with Crippen LogP contribution in [-0.4, -0.2) is 38.1 Å². The highest BCUT2D eigenvalue weighted by Crippen LogP contribution is 2.14. The van der Waals surface area contributed by atoms with Crippen LogP contribution in [0.25, 0.3) is 0 Å². The van der Waals surface area contributed by atoms with Crippen LogP contribution in [0, 0.1) is 6.92 Å². The molecular weight excluding hydrogens is 385 g/mol. The van der Waals surface area contributed by atoms with Crippen molar-refractivity contribution in [3.63, 3.8) is 0 Å². The van der Waals surface area contributed by atoms with E-state index in [4.69, 9.17) is 10.5 Å². The number of likely N-dealkylation sites (N-methyl/N-ethyl adjacent to an activating group) is 1. The molecule has 7 heteroatoms. The number of nitrogens with one attached hydrogen (secondary N) is 1. The van der Waals surface area contributed by atoms with E-state index in [1.807, 2.05) is 69.6 Å². The zero-order valence-corrected chi connectivity index (χ0v) is 17.6. The van der Waals surface area contributed by atoms with Gasteiger partial charge in [0.05, 0.1) is 0 Å². The Balaban J connectivity index is 0.00000338. The Kier molecular flexibility index (Phi) is 11.7. The number of rotatable bonds is 8. The highest BCUT2D eigenvalue weighted by molar-refractivity contribution is 5.85. The van der Waals surface area contributed by atoms with Crippen LogP contribution in [-0.2, 0) is 11.3 Å². The molecule has 27 heavy (non-hydrogen) atoms. The summed E-state index contributed by atoms with van der Waals surface area (Å²) in [5, 5.41) is 2.88. The fourth-order valence-electron chi connectivity index (χ4n) is 2.27. The largest absolute Gasteiger partial charge is 0.492 e. The van der Waals surface area contributed by atoms with Crippen molar-refractivity contribution in [3.05, 3.63) is 65.2 Å². The normalized spacial score (nSPS) is 11.1. The van der Waals surface area contributed by atoms with Crippen molar-refractivity contribution in [1.82, 2.24) is 10.2 Å². The number of benzene rings is 2. The number of ether oxygens (including phenoxy) is 1. The fraction of sp³-hybridized carbons (Fsp3) is 0.350. The summed E-state index contributed by atoms with van der Waals surface area (Å²) >= 11 is 0. The van der Waals surface area contributed by atoms with Crippen LogP contribution in [0.15, 0.2) is 48.5 Å². The van der Waals surface area contributed by atoms with Gasteiger partial charge in [0.25, 0.3) is 0 Å². The number of nitrogens with two attached hydrogens (primary N) is 1. The van der Waals surface area contributed by atoms with Gasteiger partial charge in [-0.3, -0.25) is 4.79 Å². The maximum atomic E-state index is 12.2. The van der Waals surface area contributed by atoms with Crippen LogP contribution in [0.5, 0.6) is 5.75 Å². The van der Waals surface area contributed by atoms with Crippen molar-refractivity contribution in [2.45, 2.75) is 19.5 Å². The van der Waals surface area contributed by atoms with Crippen molar-refractivity contribution in [3.8, 4) is 5.75 Å². The minimum absolute atomic E-state index is 0. The molecule has 0 aliphatic carbocycles. The molecule has 0 radical (unpaired) electrons. The number of hydrogen-bond donors (Lipinski definition) is 2. The van der Waals surface area contributed by atoms with Gasteiger partial charge in [0, 0.05) is 13.1 Å². The summed E-state index contributed by atoms with van der Waals surface area (Å²) in [5.41, 5.74) is 8.98. The van der Waals surface area contributed by atoms with Gasteiger partial charge in [-0.25, -0.2) is 0 Å². The first kappa shape index (κ1) is 25.2. The van der Waals surface area contributed by atoms with Crippen LogP contribution in [0.4, 0.5) is 0 Å². The lowest BCUT2D eigenvalue weighted by atomic mass is 10.1. The van der Waals surface area contributed by atoms with Crippen LogP contribution in [0.1, 0.15) is 22.7 Å². The van der Waals surface area contributed by atoms with Crippen molar-refractivity contribution in [1.29, 1.82) is 0 Å². The van der Waals surface area contributed by atoms with E-state index in [1.54, 1.807) is 0 Å². The smallest absolute Gasteiger partial charge is 0.241 e.